The quantitative estimate of drug-likeness (QED) is 0.662. The van der Waals surface area contributed by atoms with Crippen LogP contribution in [0.3, 0.4) is 0 Å². The molecule has 25 heavy (non-hydrogen) atoms. The van der Waals surface area contributed by atoms with Crippen molar-refractivity contribution in [3.05, 3.63) is 58.3 Å². The monoisotopic (exact) mass is 400 g/mol. The first-order chi connectivity index (χ1) is 12.1. The topological polar surface area (TPSA) is 50.1 Å². The van der Waals surface area contributed by atoms with Crippen LogP contribution in [-0.4, -0.2) is 41.2 Å². The van der Waals surface area contributed by atoms with Gasteiger partial charge in [0.1, 0.15) is 11.3 Å². The van der Waals surface area contributed by atoms with Gasteiger partial charge in [0.25, 0.3) is 5.91 Å². The first kappa shape index (κ1) is 16.0. The molecule has 2 aromatic heterocycles. The normalized spacial score (nSPS) is 13.9. The summed E-state index contributed by atoms with van der Waals surface area (Å²) in [5, 5.41) is 8.07. The number of amides is 1. The number of hydrogen-bond acceptors (Lipinski definition) is 4. The van der Waals surface area contributed by atoms with Gasteiger partial charge in [-0.3, -0.25) is 9.80 Å². The van der Waals surface area contributed by atoms with Crippen molar-refractivity contribution < 1.29 is 9.53 Å². The van der Waals surface area contributed by atoms with Crippen molar-refractivity contribution in [2.45, 2.75) is 6.42 Å². The lowest BCUT2D eigenvalue weighted by molar-refractivity contribution is 0.0732. The van der Waals surface area contributed by atoms with E-state index in [0.29, 0.717) is 18.0 Å². The molecule has 0 spiro atoms. The van der Waals surface area contributed by atoms with Crippen LogP contribution < -0.4 is 9.75 Å². The number of carbonyl (C=O) groups excluding carboxylic acids is 1. The Hall–Kier alpha value is -2.54. The summed E-state index contributed by atoms with van der Waals surface area (Å²) >= 11 is 3.43. The third kappa shape index (κ3) is 2.64. The van der Waals surface area contributed by atoms with Crippen molar-refractivity contribution in [2.75, 3.05) is 25.7 Å². The van der Waals surface area contributed by atoms with Gasteiger partial charge in [-0.25, -0.2) is 9.52 Å². The molecule has 6 nitrogen and oxygen atoms in total. The molecule has 0 radical (unpaired) electrons. The number of pyridine rings is 1. The predicted octanol–water partition coefficient (Wildman–Crippen LogP) is 3.16. The summed E-state index contributed by atoms with van der Waals surface area (Å²) in [7, 11) is 3.51. The fourth-order valence-electron chi connectivity index (χ4n) is 3.21. The van der Waals surface area contributed by atoms with E-state index in [2.05, 4.69) is 27.1 Å². The largest absolute Gasteiger partial charge is 0.494 e. The molecule has 0 N–H and O–H groups in total. The fraction of sp³-hybridized carbons (Fsp3) is 0.222. The highest BCUT2D eigenvalue weighted by molar-refractivity contribution is 9.10. The van der Waals surface area contributed by atoms with Crippen molar-refractivity contribution in [2.24, 2.45) is 0 Å². The molecule has 0 unspecified atom stereocenters. The minimum absolute atomic E-state index is 0.126. The maximum Gasteiger partial charge on any atom is 0.292 e. The van der Waals surface area contributed by atoms with Crippen LogP contribution in [0.1, 0.15) is 16.1 Å². The Bertz CT molecular complexity index is 969. The molecule has 128 valence electrons. The Morgan fingerprint density at radius 3 is 2.88 bits per heavy atom. The third-order valence-electron chi connectivity index (χ3n) is 4.47. The zero-order chi connectivity index (χ0) is 17.6. The summed E-state index contributed by atoms with van der Waals surface area (Å²) in [5.74, 6) is 0.539. The molecular formula is C18H17BrN4O2. The summed E-state index contributed by atoms with van der Waals surface area (Å²) in [6, 6.07) is 11.8. The van der Waals surface area contributed by atoms with Crippen LogP contribution in [0.5, 0.6) is 5.75 Å². The molecule has 1 amide bonds. The summed E-state index contributed by atoms with van der Waals surface area (Å²) in [5.41, 5.74) is 3.44. The number of hydrogen-bond donors (Lipinski definition) is 0. The van der Waals surface area contributed by atoms with Crippen molar-refractivity contribution in [3.63, 3.8) is 0 Å². The average Bonchev–Trinajstić information content (AvgIpc) is 3.05. The number of halogens is 1. The lowest BCUT2D eigenvalue weighted by Crippen LogP contribution is -2.48. The second kappa shape index (κ2) is 6.07. The van der Waals surface area contributed by atoms with Gasteiger partial charge in [-0.2, -0.15) is 5.10 Å². The summed E-state index contributed by atoms with van der Waals surface area (Å²) in [6.07, 6.45) is 2.64. The molecule has 7 heteroatoms. The number of fused-ring (bicyclic) bond motifs is 2. The molecule has 0 fully saturated rings. The molecule has 0 bridgehead atoms. The maximum absolute atomic E-state index is 13.0. The molecule has 0 aliphatic carbocycles. The number of aromatic nitrogens is 2. The zero-order valence-corrected chi connectivity index (χ0v) is 15.5. The first-order valence-corrected chi connectivity index (χ1v) is 8.74. The molecule has 1 aromatic carbocycles. The number of ether oxygens (including phenoxy) is 1. The molecule has 0 atom stereocenters. The third-order valence-corrected chi connectivity index (χ3v) is 4.91. The minimum atomic E-state index is -0.126. The van der Waals surface area contributed by atoms with Crippen LogP contribution in [-0.2, 0) is 6.42 Å². The van der Waals surface area contributed by atoms with E-state index in [0.717, 1.165) is 22.1 Å². The number of methoxy groups -OCH3 is 1. The highest BCUT2D eigenvalue weighted by atomic mass is 79.9. The first-order valence-electron chi connectivity index (χ1n) is 7.95. The number of nitrogens with zero attached hydrogens (tertiary/aromatic N) is 4. The molecular weight excluding hydrogens is 384 g/mol. The van der Waals surface area contributed by atoms with Gasteiger partial charge in [0, 0.05) is 30.3 Å². The Morgan fingerprint density at radius 1 is 1.28 bits per heavy atom. The molecule has 0 saturated carbocycles. The number of anilines is 1. The summed E-state index contributed by atoms with van der Waals surface area (Å²) < 4.78 is 7.89. The lowest BCUT2D eigenvalue weighted by Gasteiger charge is -2.38. The number of hydrazine groups is 1. The van der Waals surface area contributed by atoms with Crippen molar-refractivity contribution >= 4 is 33.0 Å². The predicted molar refractivity (Wildman–Crippen MR) is 99.0 cm³/mol. The lowest BCUT2D eigenvalue weighted by atomic mass is 10.1. The van der Waals surface area contributed by atoms with Crippen LogP contribution in [0.4, 0.5) is 5.69 Å². The van der Waals surface area contributed by atoms with Crippen LogP contribution in [0.15, 0.2) is 47.1 Å². The van der Waals surface area contributed by atoms with Crippen molar-refractivity contribution in [1.82, 2.24) is 14.6 Å². The van der Waals surface area contributed by atoms with Gasteiger partial charge in [-0.05, 0) is 40.0 Å². The molecule has 3 heterocycles. The second-order valence-corrected chi connectivity index (χ2v) is 6.83. The van der Waals surface area contributed by atoms with E-state index in [9.17, 15) is 4.79 Å². The molecule has 1 aliphatic rings. The highest BCUT2D eigenvalue weighted by Crippen LogP contribution is 2.28. The van der Waals surface area contributed by atoms with Gasteiger partial charge in [0.2, 0.25) is 0 Å². The molecule has 4 rings (SSSR count). The van der Waals surface area contributed by atoms with Crippen LogP contribution >= 0.6 is 15.9 Å². The van der Waals surface area contributed by atoms with E-state index < -0.39 is 0 Å². The number of benzene rings is 1. The zero-order valence-electron chi connectivity index (χ0n) is 13.9. The van der Waals surface area contributed by atoms with E-state index in [1.54, 1.807) is 22.7 Å². The van der Waals surface area contributed by atoms with Gasteiger partial charge in [0.05, 0.1) is 12.8 Å². The SMILES string of the molecule is COc1cc(Br)cn2nc(C(=O)N3CCc4ccccc4N3C)cc12. The van der Waals surface area contributed by atoms with Gasteiger partial charge in [-0.15, -0.1) is 0 Å². The van der Waals surface area contributed by atoms with Crippen molar-refractivity contribution in [3.8, 4) is 5.75 Å². The van der Waals surface area contributed by atoms with Crippen molar-refractivity contribution in [1.29, 1.82) is 0 Å². The van der Waals surface area contributed by atoms with Gasteiger partial charge in [0.15, 0.2) is 5.69 Å². The Kier molecular flexibility index (Phi) is 3.88. The van der Waals surface area contributed by atoms with Crippen LogP contribution in [0, 0.1) is 0 Å². The highest BCUT2D eigenvalue weighted by Gasteiger charge is 2.28. The Balaban J connectivity index is 1.71. The van der Waals surface area contributed by atoms with E-state index in [4.69, 9.17) is 4.74 Å². The second-order valence-electron chi connectivity index (χ2n) is 5.92. The number of rotatable bonds is 2. The van der Waals surface area contributed by atoms with Gasteiger partial charge >= 0.3 is 0 Å². The summed E-state index contributed by atoms with van der Waals surface area (Å²) in [6.45, 7) is 0.626. The van der Waals surface area contributed by atoms with E-state index in [1.165, 1.54) is 5.56 Å². The average molecular weight is 401 g/mol. The Labute approximate surface area is 153 Å². The minimum Gasteiger partial charge on any atom is -0.494 e. The van der Waals surface area contributed by atoms with Crippen LogP contribution in [0.2, 0.25) is 0 Å². The molecule has 1 aliphatic heterocycles. The molecule has 3 aromatic rings. The van der Waals surface area contributed by atoms with Crippen LogP contribution in [0.25, 0.3) is 5.52 Å². The standard InChI is InChI=1S/C18H17BrN4O2/c1-21-15-6-4-3-5-12(15)7-8-23(21)18(24)14-10-16-17(25-2)9-13(19)11-22(16)20-14/h3-6,9-11H,7-8H2,1-2H3. The van der Waals surface area contributed by atoms with E-state index in [-0.39, 0.29) is 5.91 Å². The smallest absolute Gasteiger partial charge is 0.292 e. The maximum atomic E-state index is 13.0. The number of carbonyl (C=O) groups is 1. The molecule has 0 saturated heterocycles. The van der Waals surface area contributed by atoms with Gasteiger partial charge in [-0.1, -0.05) is 18.2 Å². The number of para-hydroxylation sites is 1. The van der Waals surface area contributed by atoms with Gasteiger partial charge < -0.3 is 4.74 Å². The van der Waals surface area contributed by atoms with E-state index >= 15 is 0 Å². The fourth-order valence-corrected chi connectivity index (χ4v) is 3.61. The Morgan fingerprint density at radius 2 is 2.08 bits per heavy atom. The summed E-state index contributed by atoms with van der Waals surface area (Å²) in [4.78, 5) is 13.0. The van der Waals surface area contributed by atoms with E-state index in [1.807, 2.05) is 42.5 Å².